The highest BCUT2D eigenvalue weighted by Gasteiger charge is 2.23. The molecule has 2 aromatic rings. The predicted molar refractivity (Wildman–Crippen MR) is 119 cm³/mol. The van der Waals surface area contributed by atoms with Crippen LogP contribution in [0.2, 0.25) is 5.02 Å². The highest BCUT2D eigenvalue weighted by Crippen LogP contribution is 2.38. The second kappa shape index (κ2) is 10.3. The first-order valence-electron chi connectivity index (χ1n) is 9.34. The molecule has 29 heavy (non-hydrogen) atoms. The van der Waals surface area contributed by atoms with Crippen molar-refractivity contribution < 1.29 is 14.2 Å². The number of aliphatic imine (C=N–C) groups is 1. The fourth-order valence-electron chi connectivity index (χ4n) is 3.05. The van der Waals surface area contributed by atoms with E-state index in [4.69, 9.17) is 25.8 Å². The van der Waals surface area contributed by atoms with Gasteiger partial charge in [-0.3, -0.25) is 4.99 Å². The number of nitrogens with zero attached hydrogens (tertiary/aromatic N) is 1. The molecule has 0 aliphatic heterocycles. The largest absolute Gasteiger partial charge is 0.493 e. The van der Waals surface area contributed by atoms with Crippen LogP contribution in [0.15, 0.2) is 41.4 Å². The van der Waals surface area contributed by atoms with Gasteiger partial charge in [0.15, 0.2) is 17.5 Å². The van der Waals surface area contributed by atoms with E-state index in [1.807, 2.05) is 30.3 Å². The number of hydrogen-bond acceptors (Lipinski definition) is 4. The molecule has 0 saturated carbocycles. The van der Waals surface area contributed by atoms with Crippen molar-refractivity contribution in [2.24, 2.45) is 4.99 Å². The minimum absolute atomic E-state index is 0.164. The van der Waals surface area contributed by atoms with Crippen molar-refractivity contribution in [3.63, 3.8) is 0 Å². The van der Waals surface area contributed by atoms with Crippen molar-refractivity contribution in [2.45, 2.75) is 25.8 Å². The Morgan fingerprint density at radius 2 is 1.62 bits per heavy atom. The monoisotopic (exact) mass is 419 g/mol. The van der Waals surface area contributed by atoms with Crippen molar-refractivity contribution in [3.05, 3.63) is 52.5 Å². The van der Waals surface area contributed by atoms with Gasteiger partial charge in [0.05, 0.1) is 21.3 Å². The number of rotatable bonds is 8. The van der Waals surface area contributed by atoms with Gasteiger partial charge in [0.2, 0.25) is 5.75 Å². The number of methoxy groups -OCH3 is 3. The van der Waals surface area contributed by atoms with E-state index in [0.717, 1.165) is 16.1 Å². The number of guanidine groups is 1. The summed E-state index contributed by atoms with van der Waals surface area (Å²) in [5.74, 6) is 2.50. The van der Waals surface area contributed by atoms with Crippen molar-refractivity contribution in [1.82, 2.24) is 10.6 Å². The molecule has 0 heterocycles. The number of ether oxygens (including phenoxy) is 3. The van der Waals surface area contributed by atoms with Crippen LogP contribution in [-0.4, -0.2) is 40.9 Å². The zero-order valence-corrected chi connectivity index (χ0v) is 18.7. The Labute approximate surface area is 178 Å². The van der Waals surface area contributed by atoms with Gasteiger partial charge in [-0.05, 0) is 29.3 Å². The molecule has 0 bridgehead atoms. The Morgan fingerprint density at radius 1 is 1.00 bits per heavy atom. The summed E-state index contributed by atoms with van der Waals surface area (Å²) in [7, 11) is 6.54. The first kappa shape index (κ1) is 22.7. The lowest BCUT2D eigenvalue weighted by Gasteiger charge is -2.27. The molecule has 0 aliphatic carbocycles. The molecule has 0 radical (unpaired) electrons. The maximum absolute atomic E-state index is 6.37. The van der Waals surface area contributed by atoms with Gasteiger partial charge in [0, 0.05) is 30.6 Å². The van der Waals surface area contributed by atoms with Gasteiger partial charge in [-0.15, -0.1) is 0 Å². The fraction of sp³-hybridized carbons (Fsp3) is 0.409. The van der Waals surface area contributed by atoms with Gasteiger partial charge in [-0.2, -0.15) is 0 Å². The molecule has 0 fully saturated rings. The highest BCUT2D eigenvalue weighted by atomic mass is 35.5. The average molecular weight is 420 g/mol. The van der Waals surface area contributed by atoms with Gasteiger partial charge < -0.3 is 24.8 Å². The van der Waals surface area contributed by atoms with Crippen LogP contribution in [0, 0.1) is 0 Å². The van der Waals surface area contributed by atoms with Gasteiger partial charge in [0.25, 0.3) is 0 Å². The maximum Gasteiger partial charge on any atom is 0.203 e. The molecule has 7 heteroatoms. The summed E-state index contributed by atoms with van der Waals surface area (Å²) in [6, 6.07) is 11.7. The van der Waals surface area contributed by atoms with Crippen LogP contribution in [0.1, 0.15) is 25.0 Å². The lowest BCUT2D eigenvalue weighted by molar-refractivity contribution is 0.323. The molecule has 0 atom stereocenters. The van der Waals surface area contributed by atoms with Crippen molar-refractivity contribution in [2.75, 3.05) is 34.9 Å². The molecule has 0 aromatic heterocycles. The summed E-state index contributed by atoms with van der Waals surface area (Å²) < 4.78 is 16.2. The molecule has 2 aromatic carbocycles. The molecular weight excluding hydrogens is 390 g/mol. The molecule has 0 unspecified atom stereocenters. The van der Waals surface area contributed by atoms with Crippen LogP contribution in [0.5, 0.6) is 17.2 Å². The minimum atomic E-state index is -0.164. The normalized spacial score (nSPS) is 11.8. The third-order valence-electron chi connectivity index (χ3n) is 4.71. The van der Waals surface area contributed by atoms with E-state index in [9.17, 15) is 0 Å². The van der Waals surface area contributed by atoms with Gasteiger partial charge in [-0.1, -0.05) is 43.6 Å². The molecule has 0 saturated heterocycles. The van der Waals surface area contributed by atoms with Crippen molar-refractivity contribution in [1.29, 1.82) is 0 Å². The first-order valence-corrected chi connectivity index (χ1v) is 9.72. The Hall–Kier alpha value is -2.60. The van der Waals surface area contributed by atoms with E-state index in [0.29, 0.717) is 36.3 Å². The smallest absolute Gasteiger partial charge is 0.203 e. The second-order valence-electron chi connectivity index (χ2n) is 7.18. The van der Waals surface area contributed by atoms with E-state index in [1.165, 1.54) is 0 Å². The van der Waals surface area contributed by atoms with Gasteiger partial charge in [-0.25, -0.2) is 0 Å². The number of halogens is 1. The Bertz CT molecular complexity index is 828. The SMILES string of the molecule is CN=C(NCc1cc(OC)c(OC)c(OC)c1)NCC(C)(C)c1ccccc1Cl. The number of benzene rings is 2. The van der Waals surface area contributed by atoms with Crippen LogP contribution in [0.25, 0.3) is 0 Å². The second-order valence-corrected chi connectivity index (χ2v) is 7.58. The molecule has 2 N–H and O–H groups in total. The van der Waals surface area contributed by atoms with E-state index in [2.05, 4.69) is 35.5 Å². The third-order valence-corrected chi connectivity index (χ3v) is 5.04. The van der Waals surface area contributed by atoms with Crippen molar-refractivity contribution >= 4 is 17.6 Å². The molecule has 6 nitrogen and oxygen atoms in total. The molecular formula is C22H30ClN3O3. The van der Waals surface area contributed by atoms with E-state index in [1.54, 1.807) is 28.4 Å². The molecule has 2 rings (SSSR count). The van der Waals surface area contributed by atoms with E-state index < -0.39 is 0 Å². The maximum atomic E-state index is 6.37. The molecule has 0 amide bonds. The summed E-state index contributed by atoms with van der Waals surface area (Å²) in [6.45, 7) is 5.51. The standard InChI is InChI=1S/C22H30ClN3O3/c1-22(2,16-9-7-8-10-17(16)23)14-26-21(24-3)25-13-15-11-18(27-4)20(29-6)19(12-15)28-5/h7-12H,13-14H2,1-6H3,(H2,24,25,26). The summed E-state index contributed by atoms with van der Waals surface area (Å²) in [5, 5.41) is 7.46. The minimum Gasteiger partial charge on any atom is -0.493 e. The summed E-state index contributed by atoms with van der Waals surface area (Å²) in [5.41, 5.74) is 1.91. The summed E-state index contributed by atoms with van der Waals surface area (Å²) >= 11 is 6.37. The summed E-state index contributed by atoms with van der Waals surface area (Å²) in [4.78, 5) is 4.32. The Morgan fingerprint density at radius 3 is 2.14 bits per heavy atom. The molecule has 0 spiro atoms. The number of nitrogens with one attached hydrogen (secondary N) is 2. The zero-order chi connectivity index (χ0) is 21.4. The quantitative estimate of drug-likeness (QED) is 0.500. The lowest BCUT2D eigenvalue weighted by Crippen LogP contribution is -2.43. The van der Waals surface area contributed by atoms with Gasteiger partial charge in [0.1, 0.15) is 0 Å². The zero-order valence-electron chi connectivity index (χ0n) is 17.9. The Balaban J connectivity index is 2.05. The van der Waals surface area contributed by atoms with Crippen LogP contribution in [-0.2, 0) is 12.0 Å². The van der Waals surface area contributed by atoms with Crippen molar-refractivity contribution in [3.8, 4) is 17.2 Å². The average Bonchev–Trinajstić information content (AvgIpc) is 2.73. The first-order chi connectivity index (χ1) is 13.9. The highest BCUT2D eigenvalue weighted by molar-refractivity contribution is 6.31. The van der Waals surface area contributed by atoms with Gasteiger partial charge >= 0.3 is 0 Å². The fourth-order valence-corrected chi connectivity index (χ4v) is 3.45. The lowest BCUT2D eigenvalue weighted by atomic mass is 9.84. The van der Waals surface area contributed by atoms with Crippen LogP contribution < -0.4 is 24.8 Å². The van der Waals surface area contributed by atoms with E-state index >= 15 is 0 Å². The van der Waals surface area contributed by atoms with E-state index in [-0.39, 0.29) is 5.41 Å². The third kappa shape index (κ3) is 5.70. The Kier molecular flexibility index (Phi) is 8.02. The summed E-state index contributed by atoms with van der Waals surface area (Å²) in [6.07, 6.45) is 0. The van der Waals surface area contributed by atoms with Crippen LogP contribution in [0.3, 0.4) is 0 Å². The van der Waals surface area contributed by atoms with Crippen LogP contribution in [0.4, 0.5) is 0 Å². The predicted octanol–water partition coefficient (Wildman–Crippen LogP) is 4.01. The number of hydrogen-bond donors (Lipinski definition) is 2. The topological polar surface area (TPSA) is 64.1 Å². The molecule has 0 aliphatic rings. The molecule has 158 valence electrons. The van der Waals surface area contributed by atoms with Crippen LogP contribution >= 0.6 is 11.6 Å².